The second kappa shape index (κ2) is 11.6. The maximum absolute atomic E-state index is 13.2. The van der Waals surface area contributed by atoms with E-state index in [-0.39, 0.29) is 10.8 Å². The summed E-state index contributed by atoms with van der Waals surface area (Å²) in [6.07, 6.45) is 3.49. The Morgan fingerprint density at radius 1 is 1.06 bits per heavy atom. The molecular weight excluding hydrogens is 503 g/mol. The van der Waals surface area contributed by atoms with Crippen LogP contribution in [-0.2, 0) is 25.5 Å². The van der Waals surface area contributed by atoms with Gasteiger partial charge in [-0.3, -0.25) is 4.79 Å². The van der Waals surface area contributed by atoms with E-state index in [2.05, 4.69) is 5.32 Å². The van der Waals surface area contributed by atoms with Crippen LogP contribution in [0.2, 0.25) is 0 Å². The molecule has 3 aromatic rings. The molecule has 0 aliphatic carbocycles. The third-order valence-electron chi connectivity index (χ3n) is 5.44. The quantitative estimate of drug-likeness (QED) is 0.126. The zero-order valence-corrected chi connectivity index (χ0v) is 21.3. The van der Waals surface area contributed by atoms with Crippen molar-refractivity contribution in [1.82, 2.24) is 0 Å². The lowest BCUT2D eigenvalue weighted by Gasteiger charge is -2.17. The number of anilines is 1. The molecule has 7 nitrogen and oxygen atoms in total. The topological polar surface area (TPSA) is 84.7 Å². The molecule has 0 radical (unpaired) electrons. The van der Waals surface area contributed by atoms with Crippen LogP contribution in [0.15, 0.2) is 76.5 Å². The molecular formula is C26H26FN2O5S2+. The number of sulfonamides is 1. The number of carbonyl (C=O) groups is 1. The second-order valence-corrected chi connectivity index (χ2v) is 10.8. The van der Waals surface area contributed by atoms with Crippen molar-refractivity contribution < 1.29 is 30.8 Å². The maximum Gasteiger partial charge on any atom is 0.439 e. The Bertz CT molecular complexity index is 1360. The largest absolute Gasteiger partial charge is 0.494 e. The van der Waals surface area contributed by atoms with Crippen molar-refractivity contribution in [3.05, 3.63) is 83.7 Å². The number of hydrogen-bond acceptors (Lipinski definition) is 6. The summed E-state index contributed by atoms with van der Waals surface area (Å²) in [6, 6.07) is 17.6. The molecule has 1 aliphatic rings. The molecule has 0 spiro atoms. The number of nitrogens with zero attached hydrogens (tertiary/aromatic N) is 1. The molecule has 0 aromatic heterocycles. The van der Waals surface area contributed by atoms with E-state index in [1.165, 1.54) is 42.6 Å². The molecule has 3 aromatic carbocycles. The number of aryl methyl sites for hydroxylation is 2. The van der Waals surface area contributed by atoms with Gasteiger partial charge in [-0.05, 0) is 79.9 Å². The molecule has 0 atom stereocenters. The minimum Gasteiger partial charge on any atom is -0.494 e. The molecule has 0 fully saturated rings. The second-order valence-electron chi connectivity index (χ2n) is 8.23. The van der Waals surface area contributed by atoms with E-state index in [1.807, 2.05) is 19.1 Å². The SMILES string of the molecule is Cc1ccc(S(=O)(=O)[N+](=CCCCOc2ccc3c(c2)CCC(=O)N3)OSc2ccc(F)cc2)cc1. The molecule has 1 aliphatic heterocycles. The summed E-state index contributed by atoms with van der Waals surface area (Å²) in [4.78, 5) is 12.2. The van der Waals surface area contributed by atoms with Gasteiger partial charge in [0.25, 0.3) is 0 Å². The highest BCUT2D eigenvalue weighted by molar-refractivity contribution is 7.95. The van der Waals surface area contributed by atoms with Crippen molar-refractivity contribution in [2.75, 3.05) is 11.9 Å². The first-order valence-corrected chi connectivity index (χ1v) is 13.6. The highest BCUT2D eigenvalue weighted by atomic mass is 32.2. The van der Waals surface area contributed by atoms with Crippen LogP contribution in [0.5, 0.6) is 5.75 Å². The van der Waals surface area contributed by atoms with Crippen LogP contribution in [0.4, 0.5) is 10.1 Å². The zero-order valence-electron chi connectivity index (χ0n) is 19.6. The van der Waals surface area contributed by atoms with Crippen LogP contribution in [0.1, 0.15) is 30.4 Å². The Hall–Kier alpha value is -3.37. The smallest absolute Gasteiger partial charge is 0.439 e. The first-order chi connectivity index (χ1) is 17.3. The predicted molar refractivity (Wildman–Crippen MR) is 136 cm³/mol. The van der Waals surface area contributed by atoms with Crippen molar-refractivity contribution in [1.29, 1.82) is 0 Å². The highest BCUT2D eigenvalue weighted by Crippen LogP contribution is 2.27. The maximum atomic E-state index is 13.2. The van der Waals surface area contributed by atoms with Gasteiger partial charge in [0.1, 0.15) is 20.6 Å². The number of benzene rings is 3. The van der Waals surface area contributed by atoms with Gasteiger partial charge in [-0.1, -0.05) is 17.7 Å². The van der Waals surface area contributed by atoms with Crippen LogP contribution in [0.25, 0.3) is 0 Å². The van der Waals surface area contributed by atoms with Gasteiger partial charge in [0.15, 0.2) is 12.0 Å². The summed E-state index contributed by atoms with van der Waals surface area (Å²) < 4.78 is 51.8. The van der Waals surface area contributed by atoms with E-state index in [4.69, 9.17) is 9.02 Å². The molecule has 0 saturated carbocycles. The van der Waals surface area contributed by atoms with Crippen molar-refractivity contribution in [3.8, 4) is 5.75 Å². The summed E-state index contributed by atoms with van der Waals surface area (Å²) >= 11 is 0.823. The molecule has 0 bridgehead atoms. The summed E-state index contributed by atoms with van der Waals surface area (Å²) in [5.74, 6) is 0.313. The molecule has 1 amide bonds. The summed E-state index contributed by atoms with van der Waals surface area (Å²) in [6.45, 7) is 2.24. The summed E-state index contributed by atoms with van der Waals surface area (Å²) in [7, 11) is -3.96. The lowest BCUT2D eigenvalue weighted by atomic mass is 10.0. The molecule has 1 heterocycles. The first kappa shape index (κ1) is 25.7. The van der Waals surface area contributed by atoms with Gasteiger partial charge in [-0.15, -0.1) is 0 Å². The first-order valence-electron chi connectivity index (χ1n) is 11.4. The lowest BCUT2D eigenvalue weighted by Crippen LogP contribution is -2.21. The number of carbonyl (C=O) groups excluding carboxylic acids is 1. The van der Waals surface area contributed by atoms with Crippen molar-refractivity contribution in [3.63, 3.8) is 0 Å². The Labute approximate surface area is 214 Å². The minimum absolute atomic E-state index is 0.0108. The Kier molecular flexibility index (Phi) is 8.27. The average molecular weight is 530 g/mol. The fourth-order valence-corrected chi connectivity index (χ4v) is 5.34. The predicted octanol–water partition coefficient (Wildman–Crippen LogP) is 5.29. The van der Waals surface area contributed by atoms with E-state index in [1.54, 1.807) is 18.2 Å². The van der Waals surface area contributed by atoms with Crippen molar-refractivity contribution in [2.24, 2.45) is 0 Å². The number of halogens is 1. The molecule has 4 rings (SSSR count). The lowest BCUT2D eigenvalue weighted by molar-refractivity contribution is -0.615. The van der Waals surface area contributed by atoms with Crippen LogP contribution in [-0.4, -0.2) is 31.3 Å². The van der Waals surface area contributed by atoms with E-state index >= 15 is 0 Å². The molecule has 0 saturated heterocycles. The third-order valence-corrected chi connectivity index (χ3v) is 7.80. The van der Waals surface area contributed by atoms with E-state index in [0.29, 0.717) is 42.9 Å². The van der Waals surface area contributed by atoms with Gasteiger partial charge >= 0.3 is 10.0 Å². The van der Waals surface area contributed by atoms with Crippen molar-refractivity contribution >= 4 is 39.9 Å². The molecule has 0 unspecified atom stereocenters. The normalized spacial score (nSPS) is 13.6. The number of rotatable bonds is 10. The van der Waals surface area contributed by atoms with Gasteiger partial charge in [0.2, 0.25) is 12.1 Å². The van der Waals surface area contributed by atoms with Crippen LogP contribution in [0, 0.1) is 12.7 Å². The number of hydrogen-bond donors (Lipinski definition) is 1. The summed E-state index contributed by atoms with van der Waals surface area (Å²) in [5, 5.41) is 2.84. The fourth-order valence-electron chi connectivity index (χ4n) is 3.47. The van der Waals surface area contributed by atoms with Gasteiger partial charge in [-0.2, -0.15) is 12.7 Å². The number of nitrogens with one attached hydrogen (secondary N) is 1. The molecule has 188 valence electrons. The minimum atomic E-state index is -3.96. The van der Waals surface area contributed by atoms with Crippen molar-refractivity contribution in [2.45, 2.75) is 42.4 Å². The Morgan fingerprint density at radius 3 is 2.56 bits per heavy atom. The van der Waals surface area contributed by atoms with Gasteiger partial charge < -0.3 is 10.1 Å². The fraction of sp³-hybridized carbons (Fsp3) is 0.231. The van der Waals surface area contributed by atoms with E-state index < -0.39 is 15.8 Å². The average Bonchev–Trinajstić information content (AvgIpc) is 2.86. The van der Waals surface area contributed by atoms with Gasteiger partial charge in [0.05, 0.1) is 11.5 Å². The van der Waals surface area contributed by atoms with Crippen LogP contribution in [0.3, 0.4) is 0 Å². The Morgan fingerprint density at radius 2 is 1.81 bits per heavy atom. The summed E-state index contributed by atoms with van der Waals surface area (Å²) in [5.41, 5.74) is 2.77. The number of unbranched alkanes of at least 4 members (excludes halogenated alkanes) is 1. The van der Waals surface area contributed by atoms with E-state index in [0.717, 1.165) is 33.0 Å². The van der Waals surface area contributed by atoms with Crippen LogP contribution < -0.4 is 10.1 Å². The van der Waals surface area contributed by atoms with Crippen LogP contribution >= 0.6 is 12.0 Å². The molecule has 10 heteroatoms. The zero-order chi connectivity index (χ0) is 25.5. The van der Waals surface area contributed by atoms with Gasteiger partial charge in [0, 0.05) is 18.5 Å². The number of ether oxygens (including phenoxy) is 1. The van der Waals surface area contributed by atoms with E-state index in [9.17, 15) is 17.6 Å². The molecule has 1 N–H and O–H groups in total. The monoisotopic (exact) mass is 529 g/mol. The number of fused-ring (bicyclic) bond motifs is 1. The molecule has 36 heavy (non-hydrogen) atoms. The number of amides is 1. The van der Waals surface area contributed by atoms with Gasteiger partial charge in [-0.25, -0.2) is 4.39 Å². The Balaban J connectivity index is 1.40. The third kappa shape index (κ3) is 6.64. The highest BCUT2D eigenvalue weighted by Gasteiger charge is 2.31. The standard InChI is InChI=1S/C26H25FN2O5S2/c1-19-4-12-24(13-5-19)36(31,32)29(34-35-23-10-7-21(27)8-11-23)16-2-3-17-33-22-9-14-25-20(18-22)6-15-26(30)28-25/h4-5,7-14,16,18H,2-3,6,15,17H2,1H3/p+1.